The van der Waals surface area contributed by atoms with E-state index in [1.165, 1.54) is 11.1 Å². The minimum Gasteiger partial charge on any atom is -0.484 e. The van der Waals surface area contributed by atoms with Crippen molar-refractivity contribution in [1.82, 2.24) is 14.5 Å². The van der Waals surface area contributed by atoms with Crippen LogP contribution in [0.25, 0.3) is 5.69 Å². The fraction of sp³-hybridized carbons (Fsp3) is 0.360. The molecule has 1 aromatic heterocycles. The number of piperazine rings is 1. The van der Waals surface area contributed by atoms with Crippen LogP contribution in [0.15, 0.2) is 60.9 Å². The first kappa shape index (κ1) is 21.0. The lowest BCUT2D eigenvalue weighted by atomic mass is 10.0. The molecule has 3 aromatic rings. The van der Waals surface area contributed by atoms with Crippen LogP contribution in [0.4, 0.5) is 5.95 Å². The highest BCUT2D eigenvalue weighted by molar-refractivity contribution is 5.78. The van der Waals surface area contributed by atoms with Crippen LogP contribution in [0.1, 0.15) is 30.9 Å². The van der Waals surface area contributed by atoms with E-state index in [0.717, 1.165) is 30.5 Å². The van der Waals surface area contributed by atoms with Gasteiger partial charge in [-0.05, 0) is 42.7 Å². The Morgan fingerprint density at radius 3 is 2.32 bits per heavy atom. The Morgan fingerprint density at radius 1 is 1.00 bits per heavy atom. The first-order valence-electron chi connectivity index (χ1n) is 10.9. The van der Waals surface area contributed by atoms with E-state index in [1.54, 1.807) is 0 Å². The second-order valence-corrected chi connectivity index (χ2v) is 8.31. The molecule has 0 spiro atoms. The molecule has 1 aliphatic rings. The minimum atomic E-state index is 0.0227. The fourth-order valence-electron chi connectivity index (χ4n) is 3.78. The highest BCUT2D eigenvalue weighted by Crippen LogP contribution is 2.21. The van der Waals surface area contributed by atoms with E-state index in [2.05, 4.69) is 71.6 Å². The van der Waals surface area contributed by atoms with Crippen LogP contribution in [0, 0.1) is 6.92 Å². The predicted molar refractivity (Wildman–Crippen MR) is 123 cm³/mol. The molecule has 4 rings (SSSR count). The average molecular weight is 419 g/mol. The Balaban J connectivity index is 1.31. The van der Waals surface area contributed by atoms with Crippen LogP contribution in [0.5, 0.6) is 5.75 Å². The molecule has 0 N–H and O–H groups in total. The molecule has 0 saturated carbocycles. The standard InChI is InChI=1S/C25H30N4O2/c1-19(2)21-6-10-23(11-7-21)31-18-24(30)27-14-16-28(17-15-27)25-26-12-13-29(25)22-8-4-20(3)5-9-22/h4-13,19H,14-18H2,1-3H3. The summed E-state index contributed by atoms with van der Waals surface area (Å²) in [5.41, 5.74) is 3.59. The molecule has 1 fully saturated rings. The van der Waals surface area contributed by atoms with E-state index in [4.69, 9.17) is 4.74 Å². The normalized spacial score (nSPS) is 14.2. The van der Waals surface area contributed by atoms with Crippen molar-refractivity contribution in [2.75, 3.05) is 37.7 Å². The highest BCUT2D eigenvalue weighted by atomic mass is 16.5. The van der Waals surface area contributed by atoms with Gasteiger partial charge < -0.3 is 14.5 Å². The Hall–Kier alpha value is -3.28. The number of carbonyl (C=O) groups excluding carboxylic acids is 1. The van der Waals surface area contributed by atoms with Crippen molar-refractivity contribution in [3.05, 3.63) is 72.1 Å². The number of nitrogens with zero attached hydrogens (tertiary/aromatic N) is 4. The Labute approximate surface area is 184 Å². The molecular formula is C25H30N4O2. The summed E-state index contributed by atoms with van der Waals surface area (Å²) >= 11 is 0. The third-order valence-electron chi connectivity index (χ3n) is 5.76. The molecular weight excluding hydrogens is 388 g/mol. The zero-order valence-electron chi connectivity index (χ0n) is 18.5. The summed E-state index contributed by atoms with van der Waals surface area (Å²) in [5.74, 6) is 2.15. The molecule has 2 heterocycles. The van der Waals surface area contributed by atoms with Crippen LogP contribution in [0.2, 0.25) is 0 Å². The maximum Gasteiger partial charge on any atom is 0.260 e. The van der Waals surface area contributed by atoms with Gasteiger partial charge in [0.15, 0.2) is 6.61 Å². The SMILES string of the molecule is Cc1ccc(-n2ccnc2N2CCN(C(=O)COc3ccc(C(C)C)cc3)CC2)cc1. The number of ether oxygens (including phenoxy) is 1. The van der Waals surface area contributed by atoms with E-state index >= 15 is 0 Å². The Morgan fingerprint density at radius 2 is 1.68 bits per heavy atom. The molecule has 0 atom stereocenters. The summed E-state index contributed by atoms with van der Waals surface area (Å²) in [5, 5.41) is 0. The van der Waals surface area contributed by atoms with Crippen molar-refractivity contribution in [1.29, 1.82) is 0 Å². The van der Waals surface area contributed by atoms with Gasteiger partial charge in [0.05, 0.1) is 0 Å². The summed E-state index contributed by atoms with van der Waals surface area (Å²) in [4.78, 5) is 21.3. The number of rotatable bonds is 6. The van der Waals surface area contributed by atoms with Crippen LogP contribution >= 0.6 is 0 Å². The van der Waals surface area contributed by atoms with Crippen LogP contribution in [0.3, 0.4) is 0 Å². The lowest BCUT2D eigenvalue weighted by Gasteiger charge is -2.35. The van der Waals surface area contributed by atoms with Gasteiger partial charge in [-0.15, -0.1) is 0 Å². The predicted octanol–water partition coefficient (Wildman–Crippen LogP) is 4.03. The van der Waals surface area contributed by atoms with Crippen molar-refractivity contribution in [3.63, 3.8) is 0 Å². The number of imidazole rings is 1. The second-order valence-electron chi connectivity index (χ2n) is 8.31. The lowest BCUT2D eigenvalue weighted by molar-refractivity contribution is -0.133. The molecule has 0 bridgehead atoms. The van der Waals surface area contributed by atoms with E-state index in [-0.39, 0.29) is 12.5 Å². The number of anilines is 1. The lowest BCUT2D eigenvalue weighted by Crippen LogP contribution is -2.50. The van der Waals surface area contributed by atoms with Crippen molar-refractivity contribution in [3.8, 4) is 11.4 Å². The number of hydrogen-bond acceptors (Lipinski definition) is 4. The number of benzene rings is 2. The molecule has 1 aliphatic heterocycles. The Kier molecular flexibility index (Phi) is 6.26. The maximum atomic E-state index is 12.6. The molecule has 0 unspecified atom stereocenters. The van der Waals surface area contributed by atoms with Crippen LogP contribution in [-0.4, -0.2) is 53.1 Å². The molecule has 31 heavy (non-hydrogen) atoms. The first-order valence-corrected chi connectivity index (χ1v) is 10.9. The monoisotopic (exact) mass is 418 g/mol. The van der Waals surface area contributed by atoms with Gasteiger partial charge in [-0.1, -0.05) is 43.7 Å². The Bertz CT molecular complexity index is 1000. The molecule has 2 aromatic carbocycles. The largest absolute Gasteiger partial charge is 0.484 e. The number of carbonyl (C=O) groups is 1. The quantitative estimate of drug-likeness (QED) is 0.606. The molecule has 162 valence electrons. The van der Waals surface area contributed by atoms with Crippen molar-refractivity contribution in [2.24, 2.45) is 0 Å². The molecule has 6 heteroatoms. The van der Waals surface area contributed by atoms with Crippen LogP contribution < -0.4 is 9.64 Å². The third kappa shape index (κ3) is 4.90. The number of hydrogen-bond donors (Lipinski definition) is 0. The summed E-state index contributed by atoms with van der Waals surface area (Å²) in [6.45, 7) is 9.29. The van der Waals surface area contributed by atoms with E-state index in [9.17, 15) is 4.79 Å². The zero-order chi connectivity index (χ0) is 21.8. The van der Waals surface area contributed by atoms with Gasteiger partial charge in [-0.2, -0.15) is 0 Å². The van der Waals surface area contributed by atoms with Crippen molar-refractivity contribution < 1.29 is 9.53 Å². The fourth-order valence-corrected chi connectivity index (χ4v) is 3.78. The summed E-state index contributed by atoms with van der Waals surface area (Å²) in [7, 11) is 0. The van der Waals surface area contributed by atoms with Gasteiger partial charge in [0.25, 0.3) is 5.91 Å². The maximum absolute atomic E-state index is 12.6. The van der Waals surface area contributed by atoms with Gasteiger partial charge in [-0.25, -0.2) is 4.98 Å². The summed E-state index contributed by atoms with van der Waals surface area (Å²) in [6.07, 6.45) is 3.81. The van der Waals surface area contributed by atoms with Gasteiger partial charge in [-0.3, -0.25) is 9.36 Å². The van der Waals surface area contributed by atoms with Crippen LogP contribution in [-0.2, 0) is 4.79 Å². The van der Waals surface area contributed by atoms with Gasteiger partial charge in [0, 0.05) is 44.3 Å². The first-order chi connectivity index (χ1) is 15.0. The molecule has 1 saturated heterocycles. The highest BCUT2D eigenvalue weighted by Gasteiger charge is 2.24. The van der Waals surface area contributed by atoms with Gasteiger partial charge >= 0.3 is 0 Å². The number of amides is 1. The summed E-state index contributed by atoms with van der Waals surface area (Å²) < 4.78 is 7.82. The van der Waals surface area contributed by atoms with Gasteiger partial charge in [0.2, 0.25) is 5.95 Å². The average Bonchev–Trinajstić information content (AvgIpc) is 3.28. The van der Waals surface area contributed by atoms with Crippen molar-refractivity contribution >= 4 is 11.9 Å². The number of aryl methyl sites for hydroxylation is 1. The topological polar surface area (TPSA) is 50.6 Å². The second kappa shape index (κ2) is 9.25. The molecule has 0 radical (unpaired) electrons. The van der Waals surface area contributed by atoms with Gasteiger partial charge in [0.1, 0.15) is 5.75 Å². The summed E-state index contributed by atoms with van der Waals surface area (Å²) in [6, 6.07) is 16.4. The van der Waals surface area contributed by atoms with E-state index < -0.39 is 0 Å². The smallest absolute Gasteiger partial charge is 0.260 e. The van der Waals surface area contributed by atoms with E-state index in [0.29, 0.717) is 19.0 Å². The molecule has 0 aliphatic carbocycles. The van der Waals surface area contributed by atoms with Crippen molar-refractivity contribution in [2.45, 2.75) is 26.7 Å². The van der Waals surface area contributed by atoms with E-state index in [1.807, 2.05) is 29.4 Å². The molecule has 6 nitrogen and oxygen atoms in total. The third-order valence-corrected chi connectivity index (χ3v) is 5.76. The minimum absolute atomic E-state index is 0.0227. The molecule has 1 amide bonds. The zero-order valence-corrected chi connectivity index (χ0v) is 18.5. The number of aromatic nitrogens is 2.